The lowest BCUT2D eigenvalue weighted by Gasteiger charge is -2.29. The van der Waals surface area contributed by atoms with Crippen LogP contribution in [0.2, 0.25) is 0 Å². The van der Waals surface area contributed by atoms with Crippen molar-refractivity contribution in [2.45, 2.75) is 37.7 Å². The summed E-state index contributed by atoms with van der Waals surface area (Å²) in [6.45, 7) is 0. The Balaban J connectivity index is 2.23. The monoisotopic (exact) mass is 294 g/mol. The van der Waals surface area contributed by atoms with Crippen molar-refractivity contribution in [1.82, 2.24) is 0 Å². The van der Waals surface area contributed by atoms with E-state index < -0.39 is 11.8 Å². The summed E-state index contributed by atoms with van der Waals surface area (Å²) in [6, 6.07) is 0. The minimum atomic E-state index is -0.537. The van der Waals surface area contributed by atoms with Crippen molar-refractivity contribution >= 4 is 28.7 Å². The lowest BCUT2D eigenvalue weighted by Crippen LogP contribution is -2.32. The molecular formula is C9H11IO3. The minimum Gasteiger partial charge on any atom is -0.419 e. The fraction of sp³-hybridized carbons (Fsp3) is 0.667. The van der Waals surface area contributed by atoms with Crippen LogP contribution in [0.1, 0.15) is 32.1 Å². The quantitative estimate of drug-likeness (QED) is 0.508. The van der Waals surface area contributed by atoms with Crippen molar-refractivity contribution in [3.63, 3.8) is 0 Å². The third-order valence-electron chi connectivity index (χ3n) is 2.68. The van der Waals surface area contributed by atoms with E-state index in [4.69, 9.17) is 9.47 Å². The Morgan fingerprint density at radius 3 is 2.62 bits per heavy atom. The van der Waals surface area contributed by atoms with Crippen LogP contribution in [-0.4, -0.2) is 11.8 Å². The van der Waals surface area contributed by atoms with Crippen LogP contribution in [0.5, 0.6) is 0 Å². The van der Waals surface area contributed by atoms with Gasteiger partial charge in [0.1, 0.15) is 0 Å². The van der Waals surface area contributed by atoms with Gasteiger partial charge in [0.05, 0.1) is 0 Å². The number of halogens is 1. The largest absolute Gasteiger partial charge is 0.514 e. The topological polar surface area (TPSA) is 35.5 Å². The molecular weight excluding hydrogens is 283 g/mol. The Morgan fingerprint density at radius 1 is 1.31 bits per heavy atom. The number of ether oxygens (including phenoxy) is 2. The maximum Gasteiger partial charge on any atom is 0.514 e. The Labute approximate surface area is 90.6 Å². The first-order valence-electron chi connectivity index (χ1n) is 4.48. The van der Waals surface area contributed by atoms with Crippen molar-refractivity contribution in [2.75, 3.05) is 0 Å². The van der Waals surface area contributed by atoms with Gasteiger partial charge in [0, 0.05) is 4.08 Å². The highest BCUT2D eigenvalue weighted by atomic mass is 127. The van der Waals surface area contributed by atoms with Gasteiger partial charge in [-0.3, -0.25) is 0 Å². The highest BCUT2D eigenvalue weighted by Crippen LogP contribution is 2.42. The SMILES string of the molecule is O=C1O/C(=C/I)C2(CCCCC2)O1. The van der Waals surface area contributed by atoms with Crippen molar-refractivity contribution in [3.05, 3.63) is 9.84 Å². The highest BCUT2D eigenvalue weighted by molar-refractivity contribution is 14.1. The molecule has 1 saturated carbocycles. The van der Waals surface area contributed by atoms with E-state index >= 15 is 0 Å². The van der Waals surface area contributed by atoms with Gasteiger partial charge in [-0.05, 0) is 48.3 Å². The van der Waals surface area contributed by atoms with Crippen LogP contribution in [-0.2, 0) is 9.47 Å². The van der Waals surface area contributed by atoms with E-state index in [0.717, 1.165) is 25.7 Å². The van der Waals surface area contributed by atoms with Crippen molar-refractivity contribution in [1.29, 1.82) is 0 Å². The smallest absolute Gasteiger partial charge is 0.419 e. The van der Waals surface area contributed by atoms with Gasteiger partial charge >= 0.3 is 6.16 Å². The molecule has 1 spiro atoms. The number of carbonyl (C=O) groups excluding carboxylic acids is 1. The van der Waals surface area contributed by atoms with E-state index in [0.29, 0.717) is 5.76 Å². The second-order valence-electron chi connectivity index (χ2n) is 3.48. The van der Waals surface area contributed by atoms with Crippen molar-refractivity contribution in [3.8, 4) is 0 Å². The molecule has 72 valence electrons. The molecule has 4 heteroatoms. The number of hydrogen-bond acceptors (Lipinski definition) is 3. The lowest BCUT2D eigenvalue weighted by molar-refractivity contribution is 0.0389. The molecule has 1 saturated heterocycles. The molecule has 3 nitrogen and oxygen atoms in total. The molecule has 0 bridgehead atoms. The molecule has 2 fully saturated rings. The average molecular weight is 294 g/mol. The van der Waals surface area contributed by atoms with Gasteiger partial charge in [0.2, 0.25) is 0 Å². The van der Waals surface area contributed by atoms with E-state index in [1.54, 1.807) is 0 Å². The van der Waals surface area contributed by atoms with Gasteiger partial charge < -0.3 is 9.47 Å². The van der Waals surface area contributed by atoms with E-state index in [-0.39, 0.29) is 0 Å². The summed E-state index contributed by atoms with van der Waals surface area (Å²) < 4.78 is 12.1. The van der Waals surface area contributed by atoms with Gasteiger partial charge in [-0.15, -0.1) is 0 Å². The van der Waals surface area contributed by atoms with E-state index in [2.05, 4.69) is 22.6 Å². The summed E-state index contributed by atoms with van der Waals surface area (Å²) >= 11 is 2.09. The predicted molar refractivity (Wildman–Crippen MR) is 55.5 cm³/mol. The summed E-state index contributed by atoms with van der Waals surface area (Å²) in [7, 11) is 0. The molecule has 0 radical (unpaired) electrons. The summed E-state index contributed by atoms with van der Waals surface area (Å²) in [5, 5.41) is 0. The van der Waals surface area contributed by atoms with Crippen LogP contribution in [0.4, 0.5) is 4.79 Å². The zero-order chi connectivity index (χ0) is 9.31. The maximum absolute atomic E-state index is 11.0. The highest BCUT2D eigenvalue weighted by Gasteiger charge is 2.47. The number of carbonyl (C=O) groups is 1. The van der Waals surface area contributed by atoms with Gasteiger partial charge in [0.15, 0.2) is 11.4 Å². The Kier molecular flexibility index (Phi) is 2.49. The molecule has 1 aliphatic carbocycles. The second kappa shape index (κ2) is 3.48. The first kappa shape index (κ1) is 9.30. The number of rotatable bonds is 0. The first-order chi connectivity index (χ1) is 6.27. The van der Waals surface area contributed by atoms with Gasteiger partial charge in [0.25, 0.3) is 0 Å². The number of cyclic esters (lactones) is 1. The molecule has 2 rings (SSSR count). The Morgan fingerprint density at radius 2 is 2.00 bits per heavy atom. The Hall–Kier alpha value is -0.260. The Bertz CT molecular complexity index is 254. The zero-order valence-electron chi connectivity index (χ0n) is 7.22. The van der Waals surface area contributed by atoms with Gasteiger partial charge in [-0.2, -0.15) is 0 Å². The fourth-order valence-electron chi connectivity index (χ4n) is 2.01. The molecule has 0 N–H and O–H groups in total. The molecule has 1 heterocycles. The molecule has 1 aliphatic heterocycles. The standard InChI is InChI=1S/C9H11IO3/c10-6-7-9(13-8(11)12-7)4-2-1-3-5-9/h6H,1-5H2/b7-6+. The van der Waals surface area contributed by atoms with Gasteiger partial charge in [-0.25, -0.2) is 4.79 Å². The molecule has 0 amide bonds. The minimum absolute atomic E-state index is 0.406. The van der Waals surface area contributed by atoms with E-state index in [1.165, 1.54) is 6.42 Å². The zero-order valence-corrected chi connectivity index (χ0v) is 9.37. The van der Waals surface area contributed by atoms with Crippen LogP contribution in [0.3, 0.4) is 0 Å². The average Bonchev–Trinajstić information content (AvgIpc) is 2.43. The van der Waals surface area contributed by atoms with Gasteiger partial charge in [-0.1, -0.05) is 6.42 Å². The van der Waals surface area contributed by atoms with Crippen LogP contribution >= 0.6 is 22.6 Å². The molecule has 0 aromatic heterocycles. The predicted octanol–water partition coefficient (Wildman–Crippen LogP) is 3.13. The van der Waals surface area contributed by atoms with Crippen LogP contribution in [0.25, 0.3) is 0 Å². The van der Waals surface area contributed by atoms with Crippen molar-refractivity contribution in [2.24, 2.45) is 0 Å². The lowest BCUT2D eigenvalue weighted by atomic mass is 9.84. The van der Waals surface area contributed by atoms with Crippen LogP contribution in [0, 0.1) is 0 Å². The summed E-state index contributed by atoms with van der Waals surface area (Å²) in [5.74, 6) is 0.706. The fourth-order valence-corrected chi connectivity index (χ4v) is 2.70. The molecule has 13 heavy (non-hydrogen) atoms. The summed E-state index contributed by atoms with van der Waals surface area (Å²) in [4.78, 5) is 11.0. The van der Waals surface area contributed by atoms with Crippen LogP contribution < -0.4 is 0 Å². The maximum atomic E-state index is 11.0. The molecule has 0 unspecified atom stereocenters. The van der Waals surface area contributed by atoms with Crippen LogP contribution in [0.15, 0.2) is 9.84 Å². The second-order valence-corrected chi connectivity index (χ2v) is 4.11. The first-order valence-corrected chi connectivity index (χ1v) is 5.73. The molecule has 0 aromatic carbocycles. The third kappa shape index (κ3) is 1.56. The van der Waals surface area contributed by atoms with E-state index in [9.17, 15) is 4.79 Å². The van der Waals surface area contributed by atoms with E-state index in [1.807, 2.05) is 4.08 Å². The molecule has 2 aliphatic rings. The summed E-state index contributed by atoms with van der Waals surface area (Å²) in [5.41, 5.74) is -0.406. The third-order valence-corrected chi connectivity index (χ3v) is 3.25. The molecule has 0 aromatic rings. The normalized spacial score (nSPS) is 29.0. The molecule has 0 atom stereocenters. The number of hydrogen-bond donors (Lipinski definition) is 0. The summed E-state index contributed by atoms with van der Waals surface area (Å²) in [6.07, 6.45) is 4.74. The van der Waals surface area contributed by atoms with Crippen molar-refractivity contribution < 1.29 is 14.3 Å².